The van der Waals surface area contributed by atoms with Crippen molar-refractivity contribution in [2.45, 2.75) is 32.9 Å². The van der Waals surface area contributed by atoms with E-state index in [1.807, 2.05) is 13.8 Å². The van der Waals surface area contributed by atoms with Crippen LogP contribution < -0.4 is 4.18 Å². The van der Waals surface area contributed by atoms with Crippen LogP contribution in [0.3, 0.4) is 0 Å². The van der Waals surface area contributed by atoms with E-state index in [0.717, 1.165) is 6.26 Å². The molecule has 0 radical (unpaired) electrons. The molecular weight excluding hydrogens is 384 g/mol. The van der Waals surface area contributed by atoms with E-state index in [1.165, 1.54) is 30.3 Å². The Morgan fingerprint density at radius 3 is 2.39 bits per heavy atom. The van der Waals surface area contributed by atoms with Crippen LogP contribution in [-0.4, -0.2) is 36.4 Å². The highest BCUT2D eigenvalue weighted by Crippen LogP contribution is 2.21. The molecule has 0 fully saturated rings. The Hall–Kier alpha value is -2.94. The number of amides is 1. The summed E-state index contributed by atoms with van der Waals surface area (Å²) in [5.41, 5.74) is 0.961. The van der Waals surface area contributed by atoms with Crippen LogP contribution in [0.5, 0.6) is 5.75 Å². The van der Waals surface area contributed by atoms with Gasteiger partial charge in [0, 0.05) is 30.3 Å². The number of non-ortho nitro benzene ring substituents is 1. The van der Waals surface area contributed by atoms with E-state index >= 15 is 0 Å². The third kappa shape index (κ3) is 5.78. The molecule has 2 aromatic rings. The second-order valence-corrected chi connectivity index (χ2v) is 8.00. The fourth-order valence-corrected chi connectivity index (χ4v) is 3.06. The second kappa shape index (κ2) is 8.83. The molecule has 28 heavy (non-hydrogen) atoms. The van der Waals surface area contributed by atoms with Crippen molar-refractivity contribution in [2.24, 2.45) is 0 Å². The Kier molecular flexibility index (Phi) is 6.74. The third-order valence-electron chi connectivity index (χ3n) is 4.21. The van der Waals surface area contributed by atoms with Gasteiger partial charge in [0.05, 0.1) is 11.2 Å². The third-order valence-corrected chi connectivity index (χ3v) is 4.70. The zero-order valence-electron chi connectivity index (χ0n) is 15.9. The van der Waals surface area contributed by atoms with Crippen LogP contribution in [0.25, 0.3) is 0 Å². The molecule has 0 aromatic heterocycles. The molecule has 0 aliphatic heterocycles. The maximum absolute atomic E-state index is 13.0. The van der Waals surface area contributed by atoms with Crippen molar-refractivity contribution in [3.8, 4) is 5.75 Å². The minimum Gasteiger partial charge on any atom is -0.383 e. The summed E-state index contributed by atoms with van der Waals surface area (Å²) in [6.07, 6.45) is 1.67. The number of nitro groups is 1. The van der Waals surface area contributed by atoms with Crippen molar-refractivity contribution >= 4 is 21.7 Å². The van der Waals surface area contributed by atoms with Gasteiger partial charge in [0.2, 0.25) is 0 Å². The van der Waals surface area contributed by atoms with Gasteiger partial charge in [-0.3, -0.25) is 14.9 Å². The Balaban J connectivity index is 2.28. The van der Waals surface area contributed by atoms with Crippen molar-refractivity contribution in [1.82, 2.24) is 4.90 Å². The largest absolute Gasteiger partial charge is 0.383 e. The van der Waals surface area contributed by atoms with Gasteiger partial charge in [0.15, 0.2) is 0 Å². The van der Waals surface area contributed by atoms with Crippen LogP contribution in [0.1, 0.15) is 36.2 Å². The number of nitrogens with zero attached hydrogens (tertiary/aromatic N) is 2. The summed E-state index contributed by atoms with van der Waals surface area (Å²) >= 11 is 0. The Morgan fingerprint density at radius 1 is 1.21 bits per heavy atom. The fraction of sp³-hybridized carbons (Fsp3) is 0.316. The monoisotopic (exact) mass is 406 g/mol. The Labute approximate surface area is 164 Å². The highest BCUT2D eigenvalue weighted by Gasteiger charge is 2.22. The SMILES string of the molecule is CC[C@H](C)N(Cc1cccc(OS(C)(=O)=O)c1)C(=O)c1ccc([N+](=O)[O-])cc1. The quantitative estimate of drug-likeness (QED) is 0.378. The van der Waals surface area contributed by atoms with E-state index in [1.54, 1.807) is 23.1 Å². The van der Waals surface area contributed by atoms with Gasteiger partial charge in [-0.15, -0.1) is 0 Å². The highest BCUT2D eigenvalue weighted by atomic mass is 32.2. The van der Waals surface area contributed by atoms with Crippen LogP contribution in [0.2, 0.25) is 0 Å². The zero-order chi connectivity index (χ0) is 20.9. The molecule has 2 rings (SSSR count). The van der Waals surface area contributed by atoms with Crippen LogP contribution in [0.4, 0.5) is 5.69 Å². The molecule has 0 spiro atoms. The highest BCUT2D eigenvalue weighted by molar-refractivity contribution is 7.86. The van der Waals surface area contributed by atoms with E-state index in [0.29, 0.717) is 17.5 Å². The Bertz CT molecular complexity index is 957. The zero-order valence-corrected chi connectivity index (χ0v) is 16.7. The average Bonchev–Trinajstić information content (AvgIpc) is 2.64. The number of hydrogen-bond acceptors (Lipinski definition) is 6. The van der Waals surface area contributed by atoms with Crippen LogP contribution in [0.15, 0.2) is 48.5 Å². The molecule has 0 aliphatic carbocycles. The van der Waals surface area contributed by atoms with Gasteiger partial charge >= 0.3 is 10.1 Å². The minimum atomic E-state index is -3.65. The summed E-state index contributed by atoms with van der Waals surface area (Å²) < 4.78 is 27.5. The van der Waals surface area contributed by atoms with Crippen LogP contribution in [-0.2, 0) is 16.7 Å². The second-order valence-electron chi connectivity index (χ2n) is 6.43. The predicted octanol–water partition coefficient (Wildman–Crippen LogP) is 3.37. The maximum Gasteiger partial charge on any atom is 0.306 e. The molecule has 0 unspecified atom stereocenters. The van der Waals surface area contributed by atoms with Crippen molar-refractivity contribution in [3.63, 3.8) is 0 Å². The van der Waals surface area contributed by atoms with Gasteiger partial charge in [-0.2, -0.15) is 8.42 Å². The number of benzene rings is 2. The summed E-state index contributed by atoms with van der Waals surface area (Å²) in [4.78, 5) is 24.9. The Morgan fingerprint density at radius 2 is 1.86 bits per heavy atom. The van der Waals surface area contributed by atoms with E-state index < -0.39 is 15.0 Å². The first-order chi connectivity index (χ1) is 13.1. The number of hydrogen-bond donors (Lipinski definition) is 0. The molecule has 0 saturated carbocycles. The van der Waals surface area contributed by atoms with Crippen LogP contribution in [0, 0.1) is 10.1 Å². The van der Waals surface area contributed by atoms with Gasteiger partial charge < -0.3 is 9.08 Å². The first-order valence-electron chi connectivity index (χ1n) is 8.64. The summed E-state index contributed by atoms with van der Waals surface area (Å²) in [5, 5.41) is 10.8. The molecule has 2 aromatic carbocycles. The van der Waals surface area contributed by atoms with E-state index in [2.05, 4.69) is 0 Å². The summed E-state index contributed by atoms with van der Waals surface area (Å²) in [6.45, 7) is 4.09. The number of nitro benzene ring substituents is 1. The fourth-order valence-electron chi connectivity index (χ4n) is 2.61. The molecule has 0 bridgehead atoms. The summed E-state index contributed by atoms with van der Waals surface area (Å²) in [7, 11) is -3.65. The number of carbonyl (C=O) groups is 1. The molecule has 0 saturated heterocycles. The summed E-state index contributed by atoms with van der Waals surface area (Å²) in [5.74, 6) is -0.0921. The normalized spacial score (nSPS) is 12.2. The van der Waals surface area contributed by atoms with Crippen molar-refractivity contribution in [2.75, 3.05) is 6.26 Å². The van der Waals surface area contributed by atoms with Gasteiger partial charge in [-0.1, -0.05) is 19.1 Å². The molecule has 1 atom stereocenters. The van der Waals surface area contributed by atoms with E-state index in [-0.39, 0.29) is 29.9 Å². The molecule has 0 heterocycles. The topological polar surface area (TPSA) is 107 Å². The van der Waals surface area contributed by atoms with Crippen molar-refractivity contribution in [1.29, 1.82) is 0 Å². The molecule has 9 heteroatoms. The number of rotatable bonds is 8. The first-order valence-corrected chi connectivity index (χ1v) is 10.5. The lowest BCUT2D eigenvalue weighted by Crippen LogP contribution is -2.37. The van der Waals surface area contributed by atoms with E-state index in [9.17, 15) is 23.3 Å². The smallest absolute Gasteiger partial charge is 0.306 e. The molecule has 8 nitrogen and oxygen atoms in total. The van der Waals surface area contributed by atoms with Gasteiger partial charge in [0.1, 0.15) is 5.75 Å². The van der Waals surface area contributed by atoms with Crippen LogP contribution >= 0.6 is 0 Å². The van der Waals surface area contributed by atoms with E-state index in [4.69, 9.17) is 4.18 Å². The molecule has 150 valence electrons. The predicted molar refractivity (Wildman–Crippen MR) is 105 cm³/mol. The molecular formula is C19H22N2O6S. The lowest BCUT2D eigenvalue weighted by molar-refractivity contribution is -0.384. The maximum atomic E-state index is 13.0. The van der Waals surface area contributed by atoms with Gasteiger partial charge in [0.25, 0.3) is 11.6 Å². The van der Waals surface area contributed by atoms with Crippen molar-refractivity contribution < 1.29 is 22.3 Å². The van der Waals surface area contributed by atoms with Gasteiger partial charge in [-0.05, 0) is 43.2 Å². The lowest BCUT2D eigenvalue weighted by Gasteiger charge is -2.29. The standard InChI is InChI=1S/C19H22N2O6S/c1-4-14(2)20(19(22)16-8-10-17(11-9-16)21(23)24)13-15-6-5-7-18(12-15)27-28(3,25)26/h5-12,14H,4,13H2,1-3H3/t14-/m0/s1. The summed E-state index contributed by atoms with van der Waals surface area (Å²) in [6, 6.07) is 11.9. The number of carbonyl (C=O) groups excluding carboxylic acids is 1. The van der Waals surface area contributed by atoms with Gasteiger partial charge in [-0.25, -0.2) is 0 Å². The molecule has 1 amide bonds. The minimum absolute atomic E-state index is 0.0859. The molecule has 0 aliphatic rings. The van der Waals surface area contributed by atoms with Crippen molar-refractivity contribution in [3.05, 3.63) is 69.8 Å². The lowest BCUT2D eigenvalue weighted by atomic mass is 10.1. The first kappa shape index (κ1) is 21.4. The molecule has 0 N–H and O–H groups in total. The average molecular weight is 406 g/mol.